The first kappa shape index (κ1) is 35.1. The Morgan fingerprint density at radius 1 is 1.09 bits per heavy atom. The minimum atomic E-state index is -0.393. The molecule has 1 saturated carbocycles. The first-order valence-corrected chi connectivity index (χ1v) is 15.3. The second-order valence-electron chi connectivity index (χ2n) is 12.2. The van der Waals surface area contributed by atoms with E-state index in [1.807, 2.05) is 62.2 Å². The molecule has 1 fully saturated rings. The van der Waals surface area contributed by atoms with Gasteiger partial charge in [-0.05, 0) is 65.5 Å². The fraction of sp³-hybridized carbons (Fsp3) is 0.656. The molecule has 12 heteroatoms. The van der Waals surface area contributed by atoms with Gasteiger partial charge in [-0.1, -0.05) is 5.92 Å². The maximum Gasteiger partial charge on any atom is 0.407 e. The number of carbonyl (C=O) groups is 2. The Morgan fingerprint density at radius 3 is 2.45 bits per heavy atom. The van der Waals surface area contributed by atoms with Gasteiger partial charge in [0.1, 0.15) is 24.2 Å². The summed E-state index contributed by atoms with van der Waals surface area (Å²) in [5.41, 5.74) is 1.88. The highest BCUT2D eigenvalue weighted by Gasteiger charge is 2.32. The van der Waals surface area contributed by atoms with Crippen LogP contribution in [0.15, 0.2) is 18.3 Å². The van der Waals surface area contributed by atoms with E-state index in [-0.39, 0.29) is 36.1 Å². The number of anilines is 1. The molecule has 1 aliphatic carbocycles. The molecule has 2 amide bonds. The van der Waals surface area contributed by atoms with Crippen molar-refractivity contribution in [1.82, 2.24) is 19.7 Å². The lowest BCUT2D eigenvalue weighted by Crippen LogP contribution is -2.33. The maximum absolute atomic E-state index is 13.6. The van der Waals surface area contributed by atoms with Crippen LogP contribution in [0.4, 0.5) is 10.6 Å². The van der Waals surface area contributed by atoms with E-state index in [2.05, 4.69) is 16.6 Å². The van der Waals surface area contributed by atoms with Crippen molar-refractivity contribution in [1.29, 1.82) is 0 Å². The smallest absolute Gasteiger partial charge is 0.407 e. The number of carbonyl (C=O) groups excluding carboxylic acids is 2. The van der Waals surface area contributed by atoms with Gasteiger partial charge >= 0.3 is 6.09 Å². The van der Waals surface area contributed by atoms with Crippen LogP contribution < -0.4 is 10.6 Å². The quantitative estimate of drug-likeness (QED) is 0.199. The van der Waals surface area contributed by atoms with Crippen molar-refractivity contribution < 1.29 is 33.3 Å². The normalized spacial score (nSPS) is 16.7. The first-order chi connectivity index (χ1) is 21.0. The number of nitrogens with zero attached hydrogens (tertiary/aromatic N) is 3. The van der Waals surface area contributed by atoms with Crippen LogP contribution in [0.25, 0.3) is 0 Å². The van der Waals surface area contributed by atoms with Crippen molar-refractivity contribution in [3.8, 4) is 12.3 Å². The molecule has 2 aromatic rings. The molecule has 1 aliphatic rings. The molecule has 2 heterocycles. The van der Waals surface area contributed by atoms with Crippen molar-refractivity contribution >= 4 is 17.8 Å². The zero-order chi connectivity index (χ0) is 32.1. The van der Waals surface area contributed by atoms with Crippen LogP contribution in [0.2, 0.25) is 0 Å². The SMILES string of the molecule is C#CCOCCOCCOCCn1cc(COC)cc1C(=O)Nc1cc([C@H]2CC[C@@H](OC(=O)NC(C)C)C2)nn1C(C)(C)C. The van der Waals surface area contributed by atoms with E-state index in [1.54, 1.807) is 7.11 Å². The number of terminal acetylenes is 1. The number of hydrogen-bond donors (Lipinski definition) is 2. The van der Waals surface area contributed by atoms with E-state index in [1.165, 1.54) is 0 Å². The third-order valence-corrected chi connectivity index (χ3v) is 6.99. The van der Waals surface area contributed by atoms with Gasteiger partial charge in [0, 0.05) is 37.9 Å². The molecule has 0 radical (unpaired) electrons. The van der Waals surface area contributed by atoms with Crippen LogP contribution in [0.3, 0.4) is 0 Å². The van der Waals surface area contributed by atoms with E-state index < -0.39 is 6.09 Å². The summed E-state index contributed by atoms with van der Waals surface area (Å²) in [6.45, 7) is 13.2. The third kappa shape index (κ3) is 11.0. The number of ether oxygens (including phenoxy) is 5. The lowest BCUT2D eigenvalue weighted by Gasteiger charge is -2.22. The summed E-state index contributed by atoms with van der Waals surface area (Å²) in [7, 11) is 1.62. The van der Waals surface area contributed by atoms with E-state index >= 15 is 0 Å². The number of alkyl carbamates (subject to hydrolysis) is 1. The van der Waals surface area contributed by atoms with Crippen molar-refractivity contribution in [2.24, 2.45) is 0 Å². The van der Waals surface area contributed by atoms with Crippen molar-refractivity contribution in [2.75, 3.05) is 52.1 Å². The average Bonchev–Trinajstić information content (AvgIpc) is 3.68. The molecule has 44 heavy (non-hydrogen) atoms. The van der Waals surface area contributed by atoms with Crippen LogP contribution >= 0.6 is 0 Å². The number of nitrogens with one attached hydrogen (secondary N) is 2. The highest BCUT2D eigenvalue weighted by molar-refractivity contribution is 6.03. The molecule has 0 aromatic carbocycles. The van der Waals surface area contributed by atoms with Gasteiger partial charge in [-0.2, -0.15) is 5.10 Å². The van der Waals surface area contributed by atoms with Crippen molar-refractivity contribution in [2.45, 2.75) is 90.6 Å². The van der Waals surface area contributed by atoms with E-state index in [4.69, 9.17) is 35.2 Å². The molecule has 0 bridgehead atoms. The Hall–Kier alpha value is -3.37. The van der Waals surface area contributed by atoms with Gasteiger partial charge < -0.3 is 38.9 Å². The number of amides is 2. The fourth-order valence-corrected chi connectivity index (χ4v) is 5.04. The molecular formula is C32H49N5O7. The predicted octanol–water partition coefficient (Wildman–Crippen LogP) is 4.29. The molecule has 0 aliphatic heterocycles. The van der Waals surface area contributed by atoms with E-state index in [9.17, 15) is 9.59 Å². The minimum absolute atomic E-state index is 0.0167. The van der Waals surface area contributed by atoms with Gasteiger partial charge in [0.2, 0.25) is 0 Å². The van der Waals surface area contributed by atoms with Gasteiger partial charge in [0.05, 0.1) is 50.9 Å². The Balaban J connectivity index is 1.63. The largest absolute Gasteiger partial charge is 0.446 e. The fourth-order valence-electron chi connectivity index (χ4n) is 5.04. The molecule has 0 saturated heterocycles. The molecule has 244 valence electrons. The molecule has 2 atom stereocenters. The highest BCUT2D eigenvalue weighted by Crippen LogP contribution is 2.37. The van der Waals surface area contributed by atoms with E-state index in [0.29, 0.717) is 64.1 Å². The molecule has 0 unspecified atom stereocenters. The Bertz CT molecular complexity index is 1240. The number of hydrogen-bond acceptors (Lipinski definition) is 8. The summed E-state index contributed by atoms with van der Waals surface area (Å²) < 4.78 is 31.0. The predicted molar refractivity (Wildman–Crippen MR) is 167 cm³/mol. The molecule has 12 nitrogen and oxygen atoms in total. The Labute approximate surface area is 261 Å². The monoisotopic (exact) mass is 615 g/mol. The summed E-state index contributed by atoms with van der Waals surface area (Å²) in [6.07, 6.45) is 8.80. The molecule has 3 rings (SSSR count). The summed E-state index contributed by atoms with van der Waals surface area (Å²) >= 11 is 0. The molecular weight excluding hydrogens is 566 g/mol. The molecule has 0 spiro atoms. The standard InChI is InChI=1S/C32H49N5O7/c1-8-12-41-14-16-43-17-15-42-13-11-36-21-24(22-40-7)18-28(36)30(38)34-29-20-27(35-37(29)32(4,5)6)25-9-10-26(19-25)44-31(39)33-23(2)3/h1,18,20-21,23,25-26H,9-17,19,22H2,2-7H3,(H,33,39)(H,34,38)/t25-,26+/m0/s1. The average molecular weight is 616 g/mol. The number of aromatic nitrogens is 3. The maximum atomic E-state index is 13.6. The summed E-state index contributed by atoms with van der Waals surface area (Å²) in [5.74, 6) is 2.89. The number of methoxy groups -OCH3 is 1. The summed E-state index contributed by atoms with van der Waals surface area (Å²) in [5, 5.41) is 10.8. The third-order valence-electron chi connectivity index (χ3n) is 6.99. The second kappa shape index (κ2) is 17.2. The molecule has 2 aromatic heterocycles. The topological polar surface area (TPSA) is 127 Å². The summed E-state index contributed by atoms with van der Waals surface area (Å²) in [4.78, 5) is 25.7. The highest BCUT2D eigenvalue weighted by atomic mass is 16.6. The Morgan fingerprint density at radius 2 is 1.80 bits per heavy atom. The lowest BCUT2D eigenvalue weighted by atomic mass is 10.0. The van der Waals surface area contributed by atoms with Crippen LogP contribution in [-0.4, -0.2) is 85.2 Å². The van der Waals surface area contributed by atoms with Gasteiger partial charge in [0.15, 0.2) is 0 Å². The van der Waals surface area contributed by atoms with Crippen LogP contribution in [0, 0.1) is 12.3 Å². The zero-order valence-corrected chi connectivity index (χ0v) is 27.0. The first-order valence-electron chi connectivity index (χ1n) is 15.3. The van der Waals surface area contributed by atoms with E-state index in [0.717, 1.165) is 24.1 Å². The minimum Gasteiger partial charge on any atom is -0.446 e. The van der Waals surface area contributed by atoms with Gasteiger partial charge in [-0.15, -0.1) is 6.42 Å². The lowest BCUT2D eigenvalue weighted by molar-refractivity contribution is 0.0186. The summed E-state index contributed by atoms with van der Waals surface area (Å²) in [6, 6.07) is 3.79. The van der Waals surface area contributed by atoms with Crippen molar-refractivity contribution in [3.05, 3.63) is 35.3 Å². The molecule has 2 N–H and O–H groups in total. The van der Waals surface area contributed by atoms with Crippen LogP contribution in [-0.2, 0) is 42.4 Å². The van der Waals surface area contributed by atoms with Crippen molar-refractivity contribution in [3.63, 3.8) is 0 Å². The van der Waals surface area contributed by atoms with Gasteiger partial charge in [-0.3, -0.25) is 4.79 Å². The van der Waals surface area contributed by atoms with Gasteiger partial charge in [0.25, 0.3) is 5.91 Å². The second-order valence-corrected chi connectivity index (χ2v) is 12.2. The Kier molecular flexibility index (Phi) is 13.7. The van der Waals surface area contributed by atoms with Gasteiger partial charge in [-0.25, -0.2) is 9.48 Å². The zero-order valence-electron chi connectivity index (χ0n) is 27.0. The number of rotatable bonds is 17. The van der Waals surface area contributed by atoms with Crippen LogP contribution in [0.1, 0.15) is 81.5 Å². The van der Waals surface area contributed by atoms with Crippen LogP contribution in [0.5, 0.6) is 0 Å².